The molecule has 0 aromatic heterocycles. The largest absolute Gasteiger partial charge is 0.314 e. The van der Waals surface area contributed by atoms with E-state index >= 15 is 0 Å². The lowest BCUT2D eigenvalue weighted by Crippen LogP contribution is -2.53. The first-order chi connectivity index (χ1) is 11.3. The van der Waals surface area contributed by atoms with Crippen LogP contribution < -0.4 is 5.32 Å². The van der Waals surface area contributed by atoms with Gasteiger partial charge in [0.05, 0.1) is 0 Å². The highest BCUT2D eigenvalue weighted by Crippen LogP contribution is 2.57. The smallest absolute Gasteiger partial charge is 0.00106 e. The second-order valence-corrected chi connectivity index (χ2v) is 9.62. The van der Waals surface area contributed by atoms with Gasteiger partial charge in [0.15, 0.2) is 0 Å². The van der Waals surface area contributed by atoms with E-state index < -0.39 is 0 Å². The Kier molecular flexibility index (Phi) is 4.86. The summed E-state index contributed by atoms with van der Waals surface area (Å²) in [5, 5.41) is 3.75. The quantitative estimate of drug-likeness (QED) is 0.735. The Bertz CT molecular complexity index is 588. The molecule has 2 aliphatic carbocycles. The van der Waals surface area contributed by atoms with Crippen LogP contribution in [0.3, 0.4) is 0 Å². The van der Waals surface area contributed by atoms with E-state index in [-0.39, 0.29) is 0 Å². The molecule has 1 saturated carbocycles. The maximum Gasteiger partial charge on any atom is 0.00106 e. The molecule has 0 heterocycles. The van der Waals surface area contributed by atoms with Gasteiger partial charge in [-0.15, -0.1) is 0 Å². The summed E-state index contributed by atoms with van der Waals surface area (Å²) in [6, 6.07) is 7.98. The minimum atomic E-state index is 0.370. The molecule has 3 atom stereocenters. The molecule has 0 aliphatic heterocycles. The Morgan fingerprint density at radius 1 is 1.12 bits per heavy atom. The second kappa shape index (κ2) is 6.48. The van der Waals surface area contributed by atoms with Gasteiger partial charge in [0, 0.05) is 12.6 Å². The summed E-state index contributed by atoms with van der Waals surface area (Å²) in [5.41, 5.74) is 5.62. The fraction of sp³-hybridized carbons (Fsp3) is 0.739. The van der Waals surface area contributed by atoms with Crippen LogP contribution in [-0.2, 0) is 11.8 Å². The summed E-state index contributed by atoms with van der Waals surface area (Å²) in [7, 11) is 0. The number of nitrogens with one attached hydrogen (secondary N) is 1. The molecule has 1 heteroatoms. The van der Waals surface area contributed by atoms with Gasteiger partial charge in [0.2, 0.25) is 0 Å². The molecular weight excluding hydrogens is 290 g/mol. The van der Waals surface area contributed by atoms with Crippen LogP contribution in [0.5, 0.6) is 0 Å². The van der Waals surface area contributed by atoms with Crippen LogP contribution in [0.4, 0.5) is 0 Å². The van der Waals surface area contributed by atoms with Crippen LogP contribution in [0.1, 0.15) is 89.8 Å². The lowest BCUT2D eigenvalue weighted by atomic mass is 9.49. The maximum atomic E-state index is 3.75. The summed E-state index contributed by atoms with van der Waals surface area (Å²) >= 11 is 0. The molecule has 2 aliphatic rings. The summed E-state index contributed by atoms with van der Waals surface area (Å²) in [5.74, 6) is 1.44. The SMILES string of the molecule is CC(C)NCC1(C)CCCC2(C)c3ccc(C(C)C)cc3CCC12. The topological polar surface area (TPSA) is 12.0 Å². The minimum Gasteiger partial charge on any atom is -0.314 e. The third-order valence-electron chi connectivity index (χ3n) is 7.08. The fourth-order valence-corrected chi connectivity index (χ4v) is 5.65. The first-order valence-electron chi connectivity index (χ1n) is 10.1. The zero-order valence-corrected chi connectivity index (χ0v) is 16.7. The van der Waals surface area contributed by atoms with Crippen molar-refractivity contribution in [2.45, 2.75) is 91.0 Å². The first-order valence-corrected chi connectivity index (χ1v) is 10.1. The van der Waals surface area contributed by atoms with E-state index in [2.05, 4.69) is 65.1 Å². The van der Waals surface area contributed by atoms with Gasteiger partial charge in [-0.3, -0.25) is 0 Å². The van der Waals surface area contributed by atoms with Gasteiger partial charge in [-0.2, -0.15) is 0 Å². The molecule has 1 aromatic rings. The number of fused-ring (bicyclic) bond motifs is 3. The molecular formula is C23H37N. The predicted octanol–water partition coefficient (Wildman–Crippen LogP) is 5.82. The Hall–Kier alpha value is -0.820. The zero-order chi connectivity index (χ0) is 17.5. The summed E-state index contributed by atoms with van der Waals surface area (Å²) in [6.07, 6.45) is 6.75. The molecule has 134 valence electrons. The monoisotopic (exact) mass is 327 g/mol. The fourth-order valence-electron chi connectivity index (χ4n) is 5.65. The molecule has 0 spiro atoms. The Morgan fingerprint density at radius 2 is 1.88 bits per heavy atom. The lowest BCUT2D eigenvalue weighted by Gasteiger charge is -2.56. The van der Waals surface area contributed by atoms with Gasteiger partial charge >= 0.3 is 0 Å². The van der Waals surface area contributed by atoms with Gasteiger partial charge in [0.25, 0.3) is 0 Å². The van der Waals surface area contributed by atoms with Gasteiger partial charge in [-0.1, -0.05) is 66.2 Å². The molecule has 3 rings (SSSR count). The van der Waals surface area contributed by atoms with Crippen molar-refractivity contribution in [3.05, 3.63) is 34.9 Å². The van der Waals surface area contributed by atoms with E-state index in [1.54, 1.807) is 11.1 Å². The Balaban J connectivity index is 1.94. The van der Waals surface area contributed by atoms with E-state index in [4.69, 9.17) is 0 Å². The number of hydrogen-bond acceptors (Lipinski definition) is 1. The van der Waals surface area contributed by atoms with Crippen LogP contribution in [0.25, 0.3) is 0 Å². The normalized spacial score (nSPS) is 32.8. The number of benzene rings is 1. The van der Waals surface area contributed by atoms with Gasteiger partial charge < -0.3 is 5.32 Å². The first kappa shape index (κ1) is 18.0. The average molecular weight is 328 g/mol. The van der Waals surface area contributed by atoms with Crippen molar-refractivity contribution in [1.29, 1.82) is 0 Å². The molecule has 1 aromatic carbocycles. The Morgan fingerprint density at radius 3 is 2.54 bits per heavy atom. The van der Waals surface area contributed by atoms with Crippen LogP contribution >= 0.6 is 0 Å². The highest BCUT2D eigenvalue weighted by molar-refractivity contribution is 5.42. The van der Waals surface area contributed by atoms with Crippen molar-refractivity contribution in [1.82, 2.24) is 5.32 Å². The lowest BCUT2D eigenvalue weighted by molar-refractivity contribution is 0.0246. The zero-order valence-electron chi connectivity index (χ0n) is 16.7. The van der Waals surface area contributed by atoms with Crippen LogP contribution in [0.15, 0.2) is 18.2 Å². The number of hydrogen-bond donors (Lipinski definition) is 1. The van der Waals surface area contributed by atoms with Gasteiger partial charge in [-0.05, 0) is 65.0 Å². The molecule has 1 N–H and O–H groups in total. The van der Waals surface area contributed by atoms with E-state index in [1.807, 2.05) is 0 Å². The molecule has 1 fully saturated rings. The van der Waals surface area contributed by atoms with Crippen molar-refractivity contribution < 1.29 is 0 Å². The van der Waals surface area contributed by atoms with E-state index in [0.29, 0.717) is 22.8 Å². The van der Waals surface area contributed by atoms with E-state index in [9.17, 15) is 0 Å². The standard InChI is InChI=1S/C23H37N/c1-16(2)18-8-10-20-19(14-18)9-11-21-22(5,15-24-17(3)4)12-7-13-23(20,21)6/h8,10,14,16-17,21,24H,7,9,11-13,15H2,1-6H3. The van der Waals surface area contributed by atoms with Crippen molar-refractivity contribution in [2.75, 3.05) is 6.54 Å². The highest BCUT2D eigenvalue weighted by atomic mass is 14.9. The second-order valence-electron chi connectivity index (χ2n) is 9.62. The number of rotatable bonds is 4. The molecule has 0 bridgehead atoms. The summed E-state index contributed by atoms with van der Waals surface area (Å²) in [4.78, 5) is 0. The summed E-state index contributed by atoms with van der Waals surface area (Å²) in [6.45, 7) is 15.5. The summed E-state index contributed by atoms with van der Waals surface area (Å²) < 4.78 is 0. The van der Waals surface area contributed by atoms with Crippen LogP contribution in [0, 0.1) is 11.3 Å². The van der Waals surface area contributed by atoms with Crippen molar-refractivity contribution in [2.24, 2.45) is 11.3 Å². The van der Waals surface area contributed by atoms with Gasteiger partial charge in [0.1, 0.15) is 0 Å². The van der Waals surface area contributed by atoms with Crippen LogP contribution in [0.2, 0.25) is 0 Å². The van der Waals surface area contributed by atoms with Crippen molar-refractivity contribution in [3.63, 3.8) is 0 Å². The molecule has 3 unspecified atom stereocenters. The molecule has 24 heavy (non-hydrogen) atoms. The average Bonchev–Trinajstić information content (AvgIpc) is 2.52. The third-order valence-corrected chi connectivity index (χ3v) is 7.08. The molecule has 1 nitrogen and oxygen atoms in total. The maximum absolute atomic E-state index is 3.75. The highest BCUT2D eigenvalue weighted by Gasteiger charge is 2.51. The molecule has 0 amide bonds. The Labute approximate surface area is 149 Å². The van der Waals surface area contributed by atoms with E-state index in [1.165, 1.54) is 44.2 Å². The minimum absolute atomic E-state index is 0.370. The van der Waals surface area contributed by atoms with Crippen LogP contribution in [-0.4, -0.2) is 12.6 Å². The van der Waals surface area contributed by atoms with Crippen molar-refractivity contribution >= 4 is 0 Å². The van der Waals surface area contributed by atoms with E-state index in [0.717, 1.165) is 5.92 Å². The van der Waals surface area contributed by atoms with Gasteiger partial charge in [-0.25, -0.2) is 0 Å². The van der Waals surface area contributed by atoms with Crippen molar-refractivity contribution in [3.8, 4) is 0 Å². The third kappa shape index (κ3) is 3.05. The predicted molar refractivity (Wildman–Crippen MR) is 105 cm³/mol. The number of aryl methyl sites for hydroxylation is 1. The molecule has 0 saturated heterocycles. The molecule has 0 radical (unpaired) electrons.